The number of nitrogens with two attached hydrogens (primary N) is 2. The van der Waals surface area contributed by atoms with E-state index in [9.17, 15) is 28.0 Å². The second-order valence-corrected chi connectivity index (χ2v) is 12.3. The molecule has 4 amide bonds. The van der Waals surface area contributed by atoms with Crippen molar-refractivity contribution in [3.05, 3.63) is 98.8 Å². The van der Waals surface area contributed by atoms with Crippen LogP contribution in [0.4, 0.5) is 13.2 Å². The number of aryl methyl sites for hydroxylation is 1. The third-order valence-corrected chi connectivity index (χ3v) is 8.58. The number of ether oxygens (including phenoxy) is 1. The van der Waals surface area contributed by atoms with E-state index in [1.165, 1.54) is 11.0 Å². The molecule has 16 heteroatoms. The summed E-state index contributed by atoms with van der Waals surface area (Å²) in [5.74, 6) is -8.13. The van der Waals surface area contributed by atoms with E-state index in [0.717, 1.165) is 17.6 Å². The number of aliphatic imine (C=N–C) groups is 1. The summed E-state index contributed by atoms with van der Waals surface area (Å²) in [5.41, 5.74) is 12.6. The highest BCUT2D eigenvalue weighted by atomic mass is 35.5. The monoisotopic (exact) mass is 729 g/mol. The molecule has 6 N–H and O–H groups in total. The first kappa shape index (κ1) is 38.5. The molecule has 1 aliphatic rings. The number of fused-ring (bicyclic) bond motifs is 1. The molecule has 0 saturated heterocycles. The standard InChI is InChI=1S/C35H39ClF3N7O5/c1-20-9-10-21(25(36)14-20)11-13-45-19-29(48)46(17-23-15-26(37)31(39)32(51-2)30(23)38)18-28(47)43-16-22-6-3-4-7-24(22)33(49)44-27(34(45)50)8-5-12-42-35(40)41/h3-4,6-7,9-10,14-15,27H,5,8,11-13,16-19H2,1-2H3,(H,43,47)(H,44,49)(H4,40,41,42)/t27-/m1/s1. The largest absolute Gasteiger partial charge is 0.491 e. The minimum Gasteiger partial charge on any atom is -0.491 e. The van der Waals surface area contributed by atoms with E-state index in [2.05, 4.69) is 15.6 Å². The van der Waals surface area contributed by atoms with Gasteiger partial charge in [-0.05, 0) is 61.1 Å². The molecule has 3 aromatic rings. The number of rotatable bonds is 10. The molecule has 1 aliphatic heterocycles. The number of guanidine groups is 1. The maximum Gasteiger partial charge on any atom is 0.252 e. The predicted molar refractivity (Wildman–Crippen MR) is 184 cm³/mol. The van der Waals surface area contributed by atoms with E-state index in [4.69, 9.17) is 27.8 Å². The van der Waals surface area contributed by atoms with Gasteiger partial charge >= 0.3 is 0 Å². The molecule has 12 nitrogen and oxygen atoms in total. The van der Waals surface area contributed by atoms with Gasteiger partial charge in [-0.3, -0.25) is 24.2 Å². The number of benzene rings is 3. The smallest absolute Gasteiger partial charge is 0.252 e. The lowest BCUT2D eigenvalue weighted by atomic mass is 10.0. The Hall–Kier alpha value is -5.31. The van der Waals surface area contributed by atoms with Crippen molar-refractivity contribution in [1.29, 1.82) is 0 Å². The molecule has 0 aromatic heterocycles. The normalized spacial score (nSPS) is 15.8. The van der Waals surface area contributed by atoms with Gasteiger partial charge in [0.25, 0.3) is 5.91 Å². The highest BCUT2D eigenvalue weighted by molar-refractivity contribution is 6.31. The SMILES string of the molecule is COc1c(F)c(F)cc(CN2CC(=O)NCc3ccccc3C(=O)N[C@H](CCCN=C(N)N)C(=O)N(CCc3ccc(C)cc3Cl)CC2=O)c1F. The lowest BCUT2D eigenvalue weighted by Crippen LogP contribution is -2.53. The zero-order valence-corrected chi connectivity index (χ0v) is 28.9. The zero-order valence-electron chi connectivity index (χ0n) is 28.1. The molecular weight excluding hydrogens is 691 g/mol. The molecule has 0 unspecified atom stereocenters. The van der Waals surface area contributed by atoms with Gasteiger partial charge in [-0.25, -0.2) is 8.78 Å². The van der Waals surface area contributed by atoms with Crippen molar-refractivity contribution in [3.63, 3.8) is 0 Å². The zero-order chi connectivity index (χ0) is 37.2. The molecule has 0 radical (unpaired) electrons. The molecule has 51 heavy (non-hydrogen) atoms. The Bertz CT molecular complexity index is 1820. The average Bonchev–Trinajstić information content (AvgIpc) is 3.09. The van der Waals surface area contributed by atoms with Crippen LogP contribution < -0.4 is 26.8 Å². The lowest BCUT2D eigenvalue weighted by molar-refractivity contribution is -0.143. The minimum absolute atomic E-state index is 0.0579. The van der Waals surface area contributed by atoms with Crippen molar-refractivity contribution in [1.82, 2.24) is 20.4 Å². The molecule has 0 saturated carbocycles. The predicted octanol–water partition coefficient (Wildman–Crippen LogP) is 2.96. The number of amides is 4. The molecule has 4 rings (SSSR count). The summed E-state index contributed by atoms with van der Waals surface area (Å²) in [6, 6.07) is 11.2. The summed E-state index contributed by atoms with van der Waals surface area (Å²) in [7, 11) is 0.958. The summed E-state index contributed by atoms with van der Waals surface area (Å²) in [6.45, 7) is -0.131. The third-order valence-electron chi connectivity index (χ3n) is 8.23. The topological polar surface area (TPSA) is 172 Å². The Morgan fingerprint density at radius 3 is 2.45 bits per heavy atom. The summed E-state index contributed by atoms with van der Waals surface area (Å²) in [6.07, 6.45) is 0.562. The Balaban J connectivity index is 1.77. The molecule has 0 fully saturated rings. The maximum atomic E-state index is 15.3. The second kappa shape index (κ2) is 17.6. The summed E-state index contributed by atoms with van der Waals surface area (Å²) >= 11 is 6.47. The Labute approximate surface area is 297 Å². The van der Waals surface area contributed by atoms with Crippen molar-refractivity contribution in [2.45, 2.75) is 45.3 Å². The van der Waals surface area contributed by atoms with Gasteiger partial charge in [-0.15, -0.1) is 0 Å². The quantitative estimate of drug-likeness (QED) is 0.108. The fraction of sp³-hybridized carbons (Fsp3) is 0.343. The number of hydrogen-bond donors (Lipinski definition) is 4. The number of methoxy groups -OCH3 is 1. The molecule has 1 heterocycles. The van der Waals surface area contributed by atoms with Crippen molar-refractivity contribution in [2.24, 2.45) is 16.5 Å². The van der Waals surface area contributed by atoms with Crippen LogP contribution in [0.1, 0.15) is 45.5 Å². The average molecular weight is 730 g/mol. The van der Waals surface area contributed by atoms with Crippen molar-refractivity contribution in [3.8, 4) is 5.75 Å². The van der Waals surface area contributed by atoms with Gasteiger partial charge in [-0.1, -0.05) is 41.9 Å². The van der Waals surface area contributed by atoms with E-state index in [-0.39, 0.29) is 50.4 Å². The second-order valence-electron chi connectivity index (χ2n) is 11.9. The highest BCUT2D eigenvalue weighted by Crippen LogP contribution is 2.28. The minimum atomic E-state index is -1.55. The van der Waals surface area contributed by atoms with E-state index < -0.39 is 78.1 Å². The van der Waals surface area contributed by atoms with Crippen LogP contribution >= 0.6 is 11.6 Å². The van der Waals surface area contributed by atoms with Crippen molar-refractivity contribution < 1.29 is 37.1 Å². The Morgan fingerprint density at radius 2 is 1.75 bits per heavy atom. The van der Waals surface area contributed by atoms with Crippen LogP contribution in [0.2, 0.25) is 5.02 Å². The van der Waals surface area contributed by atoms with Crippen LogP contribution in [0, 0.1) is 24.4 Å². The van der Waals surface area contributed by atoms with Gasteiger partial charge in [0.2, 0.25) is 23.5 Å². The molecule has 0 bridgehead atoms. The maximum absolute atomic E-state index is 15.3. The first-order valence-corrected chi connectivity index (χ1v) is 16.4. The van der Waals surface area contributed by atoms with E-state index in [1.807, 2.05) is 13.0 Å². The number of carbonyl (C=O) groups excluding carboxylic acids is 4. The van der Waals surface area contributed by atoms with Crippen LogP contribution in [-0.4, -0.2) is 78.7 Å². The van der Waals surface area contributed by atoms with E-state index in [1.54, 1.807) is 30.3 Å². The highest BCUT2D eigenvalue weighted by Gasteiger charge is 2.31. The van der Waals surface area contributed by atoms with Crippen LogP contribution in [0.15, 0.2) is 53.5 Å². The van der Waals surface area contributed by atoms with Crippen molar-refractivity contribution >= 4 is 41.2 Å². The van der Waals surface area contributed by atoms with Crippen molar-refractivity contribution in [2.75, 3.05) is 33.3 Å². The summed E-state index contributed by atoms with van der Waals surface area (Å²) < 4.78 is 48.7. The summed E-state index contributed by atoms with van der Waals surface area (Å²) in [4.78, 5) is 61.2. The molecule has 3 aromatic carbocycles. The van der Waals surface area contributed by atoms with E-state index in [0.29, 0.717) is 22.2 Å². The van der Waals surface area contributed by atoms with Crippen LogP contribution in [0.25, 0.3) is 0 Å². The fourth-order valence-corrected chi connectivity index (χ4v) is 5.87. The van der Waals surface area contributed by atoms with Crippen LogP contribution in [-0.2, 0) is 33.9 Å². The van der Waals surface area contributed by atoms with Gasteiger partial charge in [-0.2, -0.15) is 4.39 Å². The number of halogens is 4. The van der Waals surface area contributed by atoms with Crippen LogP contribution in [0.5, 0.6) is 5.75 Å². The summed E-state index contributed by atoms with van der Waals surface area (Å²) in [5, 5.41) is 5.87. The third kappa shape index (κ3) is 10.1. The number of carbonyl (C=O) groups is 4. The van der Waals surface area contributed by atoms with E-state index >= 15 is 4.39 Å². The Kier molecular flexibility index (Phi) is 13.3. The van der Waals surface area contributed by atoms with Crippen LogP contribution in [0.3, 0.4) is 0 Å². The van der Waals surface area contributed by atoms with Gasteiger partial charge in [0.1, 0.15) is 6.04 Å². The fourth-order valence-electron chi connectivity index (χ4n) is 5.54. The first-order valence-electron chi connectivity index (χ1n) is 16.0. The van der Waals surface area contributed by atoms with Gasteiger partial charge in [0.05, 0.1) is 20.2 Å². The number of hydrogen-bond acceptors (Lipinski definition) is 6. The Morgan fingerprint density at radius 1 is 1.00 bits per heavy atom. The molecule has 0 spiro atoms. The molecule has 1 atom stereocenters. The van der Waals surface area contributed by atoms with Gasteiger partial charge < -0.3 is 36.6 Å². The number of nitrogens with zero attached hydrogens (tertiary/aromatic N) is 3. The first-order chi connectivity index (χ1) is 24.3. The molecule has 0 aliphatic carbocycles. The lowest BCUT2D eigenvalue weighted by Gasteiger charge is -2.31. The molecular formula is C35H39ClF3N7O5. The van der Waals surface area contributed by atoms with Gasteiger partial charge in [0.15, 0.2) is 23.3 Å². The van der Waals surface area contributed by atoms with Gasteiger partial charge in [0, 0.05) is 42.3 Å². The molecule has 272 valence electrons. The number of nitrogens with one attached hydrogen (secondary N) is 2.